The number of ether oxygens (including phenoxy) is 2. The highest BCUT2D eigenvalue weighted by molar-refractivity contribution is 7.15. The first-order chi connectivity index (χ1) is 12.2. The number of carbonyl (C=O) groups excluding carboxylic acids is 1. The zero-order chi connectivity index (χ0) is 17.6. The van der Waals surface area contributed by atoms with Gasteiger partial charge < -0.3 is 9.47 Å². The van der Waals surface area contributed by atoms with Gasteiger partial charge in [0.15, 0.2) is 23.2 Å². The van der Waals surface area contributed by atoms with Crippen LogP contribution in [0, 0.1) is 0 Å². The minimum atomic E-state index is -0.218. The van der Waals surface area contributed by atoms with Crippen LogP contribution in [0.5, 0.6) is 11.5 Å². The number of hydrogen-bond donors (Lipinski definition) is 1. The molecule has 0 spiro atoms. The van der Waals surface area contributed by atoms with Crippen molar-refractivity contribution in [1.29, 1.82) is 0 Å². The maximum atomic E-state index is 12.2. The molecule has 6 nitrogen and oxygen atoms in total. The van der Waals surface area contributed by atoms with Crippen LogP contribution in [0.1, 0.15) is 24.4 Å². The summed E-state index contributed by atoms with van der Waals surface area (Å²) in [6.45, 7) is 7.52. The second-order valence-electron chi connectivity index (χ2n) is 5.72. The Morgan fingerprint density at radius 1 is 1.28 bits per heavy atom. The molecule has 0 atom stereocenters. The first-order valence-corrected chi connectivity index (χ1v) is 9.36. The second-order valence-corrected chi connectivity index (χ2v) is 6.81. The first kappa shape index (κ1) is 17.7. The molecule has 7 heteroatoms. The van der Waals surface area contributed by atoms with Crippen LogP contribution in [-0.4, -0.2) is 42.1 Å². The summed E-state index contributed by atoms with van der Waals surface area (Å²) in [5.41, 5.74) is 1.10. The minimum absolute atomic E-state index is 0.0740. The van der Waals surface area contributed by atoms with Crippen molar-refractivity contribution in [2.45, 2.75) is 26.8 Å². The number of nitrogens with zero attached hydrogens (tertiary/aromatic N) is 2. The molecule has 2 aromatic rings. The van der Waals surface area contributed by atoms with Gasteiger partial charge in [0.25, 0.3) is 5.91 Å². The Morgan fingerprint density at radius 2 is 2.04 bits per heavy atom. The number of aromatic nitrogens is 1. The molecule has 2 heterocycles. The van der Waals surface area contributed by atoms with Crippen molar-refractivity contribution in [2.75, 3.05) is 31.6 Å². The van der Waals surface area contributed by atoms with Gasteiger partial charge in [-0.15, -0.1) is 11.3 Å². The van der Waals surface area contributed by atoms with Crippen LogP contribution in [0.15, 0.2) is 24.3 Å². The largest absolute Gasteiger partial charge is 0.490 e. The number of amides is 1. The molecule has 0 unspecified atom stereocenters. The summed E-state index contributed by atoms with van der Waals surface area (Å²) in [7, 11) is 0. The number of thiazole rings is 1. The number of hydrogen-bond acceptors (Lipinski definition) is 6. The quantitative estimate of drug-likeness (QED) is 0.821. The second kappa shape index (κ2) is 8.31. The van der Waals surface area contributed by atoms with Crippen molar-refractivity contribution in [2.24, 2.45) is 0 Å². The highest BCUT2D eigenvalue weighted by Crippen LogP contribution is 2.29. The summed E-state index contributed by atoms with van der Waals surface area (Å²) < 4.78 is 11.1. The molecule has 1 amide bonds. The topological polar surface area (TPSA) is 63.7 Å². The third kappa shape index (κ3) is 4.49. The van der Waals surface area contributed by atoms with Gasteiger partial charge in [-0.1, -0.05) is 19.1 Å². The first-order valence-electron chi connectivity index (χ1n) is 8.55. The Morgan fingerprint density at radius 3 is 2.76 bits per heavy atom. The van der Waals surface area contributed by atoms with Crippen molar-refractivity contribution in [3.63, 3.8) is 0 Å². The van der Waals surface area contributed by atoms with E-state index in [9.17, 15) is 4.79 Å². The molecule has 1 N–H and O–H groups in total. The Hall–Kier alpha value is -2.12. The maximum Gasteiger partial charge on any atom is 0.264 e. The van der Waals surface area contributed by atoms with Crippen LogP contribution in [0.2, 0.25) is 0 Å². The number of anilines is 1. The zero-order valence-corrected chi connectivity index (χ0v) is 15.4. The summed E-state index contributed by atoms with van der Waals surface area (Å²) >= 11 is 1.55. The molecule has 0 aliphatic carbocycles. The van der Waals surface area contributed by atoms with Crippen LogP contribution in [-0.2, 0) is 17.8 Å². The van der Waals surface area contributed by atoms with E-state index in [4.69, 9.17) is 9.47 Å². The Bertz CT molecular complexity index is 732. The van der Waals surface area contributed by atoms with Crippen LogP contribution in [0.4, 0.5) is 5.13 Å². The molecule has 1 aromatic carbocycles. The van der Waals surface area contributed by atoms with Gasteiger partial charge in [-0.05, 0) is 25.6 Å². The monoisotopic (exact) mass is 361 g/mol. The van der Waals surface area contributed by atoms with Gasteiger partial charge in [-0.3, -0.25) is 15.0 Å². The molecule has 0 fully saturated rings. The van der Waals surface area contributed by atoms with Crippen molar-refractivity contribution >= 4 is 22.4 Å². The normalized spacial score (nSPS) is 14.0. The fourth-order valence-corrected chi connectivity index (χ4v) is 3.78. The van der Waals surface area contributed by atoms with E-state index in [0.29, 0.717) is 23.2 Å². The molecular formula is C18H23N3O3S. The molecular weight excluding hydrogens is 338 g/mol. The third-order valence-corrected chi connectivity index (χ3v) is 5.01. The number of carbonyl (C=O) groups is 1. The number of para-hydroxylation sites is 2. The lowest BCUT2D eigenvalue weighted by atomic mass is 10.2. The summed E-state index contributed by atoms with van der Waals surface area (Å²) in [4.78, 5) is 20.3. The fourth-order valence-electron chi connectivity index (χ4n) is 2.71. The van der Waals surface area contributed by atoms with Gasteiger partial charge in [0.05, 0.1) is 12.3 Å². The van der Waals surface area contributed by atoms with Crippen molar-refractivity contribution in [1.82, 2.24) is 9.88 Å². The van der Waals surface area contributed by atoms with E-state index in [1.807, 2.05) is 25.1 Å². The smallest absolute Gasteiger partial charge is 0.264 e. The van der Waals surface area contributed by atoms with Gasteiger partial charge in [-0.2, -0.15) is 0 Å². The molecule has 134 valence electrons. The molecule has 1 aromatic heterocycles. The van der Waals surface area contributed by atoms with E-state index >= 15 is 0 Å². The Labute approximate surface area is 151 Å². The highest BCUT2D eigenvalue weighted by Gasteiger charge is 2.20. The molecule has 0 radical (unpaired) electrons. The van der Waals surface area contributed by atoms with Crippen molar-refractivity contribution < 1.29 is 14.3 Å². The number of nitrogens with one attached hydrogen (secondary N) is 1. The van der Waals surface area contributed by atoms with Gasteiger partial charge in [0.2, 0.25) is 0 Å². The number of benzene rings is 1. The van der Waals surface area contributed by atoms with Crippen molar-refractivity contribution in [3.8, 4) is 11.5 Å². The lowest BCUT2D eigenvalue weighted by Crippen LogP contribution is -2.29. The number of rotatable bonds is 7. The zero-order valence-electron chi connectivity index (χ0n) is 14.6. The van der Waals surface area contributed by atoms with E-state index in [0.717, 1.165) is 31.7 Å². The van der Waals surface area contributed by atoms with Crippen molar-refractivity contribution in [3.05, 3.63) is 34.8 Å². The van der Waals surface area contributed by atoms with E-state index in [1.165, 1.54) is 4.88 Å². The highest BCUT2D eigenvalue weighted by atomic mass is 32.1. The Kier molecular flexibility index (Phi) is 5.88. The van der Waals surface area contributed by atoms with E-state index < -0.39 is 0 Å². The molecule has 0 bridgehead atoms. The van der Waals surface area contributed by atoms with Gasteiger partial charge in [0, 0.05) is 24.4 Å². The summed E-state index contributed by atoms with van der Waals surface area (Å²) in [6, 6.07) is 7.34. The molecule has 3 rings (SSSR count). The van der Waals surface area contributed by atoms with Crippen LogP contribution in [0.3, 0.4) is 0 Å². The average Bonchev–Trinajstić information content (AvgIpc) is 3.02. The predicted octanol–water partition coefficient (Wildman–Crippen LogP) is 2.94. The molecule has 0 saturated carbocycles. The Balaban J connectivity index is 1.56. The summed E-state index contributed by atoms with van der Waals surface area (Å²) in [5.74, 6) is 0.989. The van der Waals surface area contributed by atoms with E-state index in [1.54, 1.807) is 17.4 Å². The van der Waals surface area contributed by atoms with Crippen LogP contribution in [0.25, 0.3) is 0 Å². The standard InChI is InChI=1S/C18H23N3O3S/c1-3-21-10-9-13-16(11-21)25-18(19-13)20-17(22)12-24-15-8-6-5-7-14(15)23-4-2/h5-8H,3-4,9-12H2,1-2H3,(H,19,20,22). The predicted molar refractivity (Wildman–Crippen MR) is 98.5 cm³/mol. The van der Waals surface area contributed by atoms with Gasteiger partial charge in [0.1, 0.15) is 0 Å². The van der Waals surface area contributed by atoms with Gasteiger partial charge in [-0.25, -0.2) is 4.98 Å². The minimum Gasteiger partial charge on any atom is -0.490 e. The molecule has 25 heavy (non-hydrogen) atoms. The summed E-state index contributed by atoms with van der Waals surface area (Å²) in [6.07, 6.45) is 0.938. The SMILES string of the molecule is CCOc1ccccc1OCC(=O)Nc1nc2c(s1)CN(CC)CC2. The van der Waals surface area contributed by atoms with E-state index in [2.05, 4.69) is 22.1 Å². The van der Waals surface area contributed by atoms with Crippen LogP contribution >= 0.6 is 11.3 Å². The van der Waals surface area contributed by atoms with E-state index in [-0.39, 0.29) is 12.5 Å². The lowest BCUT2D eigenvalue weighted by molar-refractivity contribution is -0.118. The average molecular weight is 361 g/mol. The molecule has 1 aliphatic heterocycles. The van der Waals surface area contributed by atoms with Crippen LogP contribution < -0.4 is 14.8 Å². The van der Waals surface area contributed by atoms with Gasteiger partial charge >= 0.3 is 0 Å². The summed E-state index contributed by atoms with van der Waals surface area (Å²) in [5, 5.41) is 3.49. The maximum absolute atomic E-state index is 12.2. The number of fused-ring (bicyclic) bond motifs is 1. The third-order valence-electron chi connectivity index (χ3n) is 4.01. The fraction of sp³-hybridized carbons (Fsp3) is 0.444. The number of likely N-dealkylation sites (N-methyl/N-ethyl adjacent to an activating group) is 1. The molecule has 0 saturated heterocycles. The lowest BCUT2D eigenvalue weighted by Gasteiger charge is -2.23. The molecule has 1 aliphatic rings.